The van der Waals surface area contributed by atoms with Gasteiger partial charge in [0.15, 0.2) is 0 Å². The first-order valence-electron chi connectivity index (χ1n) is 6.77. The molecule has 0 aliphatic heterocycles. The van der Waals surface area contributed by atoms with Crippen molar-refractivity contribution in [2.24, 2.45) is 5.92 Å². The molecule has 2 N–H and O–H groups in total. The van der Waals surface area contributed by atoms with Crippen LogP contribution in [0, 0.1) is 5.92 Å². The molecule has 1 rings (SSSR count). The number of hydrogen-bond donors (Lipinski definition) is 1. The minimum absolute atomic E-state index is 0.130. The molecular formula is C14H24N2O3S. The average Bonchev–Trinajstić information content (AvgIpc) is 2.38. The Morgan fingerprint density at radius 2 is 2.00 bits per heavy atom. The van der Waals surface area contributed by atoms with E-state index >= 15 is 0 Å². The summed E-state index contributed by atoms with van der Waals surface area (Å²) < 4.78 is 31.9. The number of sulfonamides is 1. The molecule has 0 saturated heterocycles. The summed E-state index contributed by atoms with van der Waals surface area (Å²) in [6, 6.07) is 4.69. The second kappa shape index (κ2) is 6.95. The van der Waals surface area contributed by atoms with Crippen LogP contribution in [0.2, 0.25) is 0 Å². The van der Waals surface area contributed by atoms with Crippen LogP contribution in [0.3, 0.4) is 0 Å². The molecule has 0 saturated carbocycles. The van der Waals surface area contributed by atoms with E-state index in [0.717, 1.165) is 6.42 Å². The number of nitrogens with zero attached hydrogens (tertiary/aromatic N) is 1. The molecule has 0 aliphatic rings. The van der Waals surface area contributed by atoms with Crippen LogP contribution in [0.4, 0.5) is 5.69 Å². The number of rotatable bonds is 7. The highest BCUT2D eigenvalue weighted by molar-refractivity contribution is 7.89. The molecule has 0 unspecified atom stereocenters. The molecule has 0 atom stereocenters. The molecule has 6 heteroatoms. The SMILES string of the molecule is CCOc1ccc(N)cc1S(=O)(=O)N(C)CCC(C)C. The molecule has 5 nitrogen and oxygen atoms in total. The Labute approximate surface area is 121 Å². The number of ether oxygens (including phenoxy) is 1. The van der Waals surface area contributed by atoms with Crippen molar-refractivity contribution in [1.82, 2.24) is 4.31 Å². The number of benzene rings is 1. The lowest BCUT2D eigenvalue weighted by molar-refractivity contribution is 0.329. The van der Waals surface area contributed by atoms with E-state index in [1.807, 2.05) is 6.92 Å². The summed E-state index contributed by atoms with van der Waals surface area (Å²) in [6.07, 6.45) is 0.808. The second-order valence-electron chi connectivity index (χ2n) is 5.15. The summed E-state index contributed by atoms with van der Waals surface area (Å²) in [5, 5.41) is 0. The normalized spacial score (nSPS) is 12.1. The third-order valence-electron chi connectivity index (χ3n) is 2.98. The zero-order valence-electron chi connectivity index (χ0n) is 12.6. The number of hydrogen-bond acceptors (Lipinski definition) is 4. The fourth-order valence-electron chi connectivity index (χ4n) is 1.73. The van der Waals surface area contributed by atoms with Crippen molar-refractivity contribution >= 4 is 15.7 Å². The predicted molar refractivity (Wildman–Crippen MR) is 81.3 cm³/mol. The van der Waals surface area contributed by atoms with Gasteiger partial charge in [0.1, 0.15) is 10.6 Å². The van der Waals surface area contributed by atoms with Crippen LogP contribution < -0.4 is 10.5 Å². The standard InChI is InChI=1S/C14H24N2O3S/c1-5-19-13-7-6-12(15)10-14(13)20(17,18)16(4)9-8-11(2)3/h6-7,10-11H,5,8-9,15H2,1-4H3. The van der Waals surface area contributed by atoms with Crippen molar-refractivity contribution in [1.29, 1.82) is 0 Å². The maximum absolute atomic E-state index is 12.6. The number of nitrogen functional groups attached to an aromatic ring is 1. The first-order valence-corrected chi connectivity index (χ1v) is 8.21. The van der Waals surface area contributed by atoms with Gasteiger partial charge < -0.3 is 10.5 Å². The highest BCUT2D eigenvalue weighted by Gasteiger charge is 2.25. The van der Waals surface area contributed by atoms with Crippen LogP contribution in [-0.4, -0.2) is 32.9 Å². The van der Waals surface area contributed by atoms with Crippen molar-refractivity contribution in [3.05, 3.63) is 18.2 Å². The summed E-state index contributed by atoms with van der Waals surface area (Å²) in [5.41, 5.74) is 6.11. The average molecular weight is 300 g/mol. The van der Waals surface area contributed by atoms with E-state index in [0.29, 0.717) is 30.5 Å². The van der Waals surface area contributed by atoms with Gasteiger partial charge in [0.2, 0.25) is 10.0 Å². The van der Waals surface area contributed by atoms with E-state index in [1.165, 1.54) is 10.4 Å². The molecule has 0 amide bonds. The van der Waals surface area contributed by atoms with Gasteiger partial charge in [0, 0.05) is 19.3 Å². The number of nitrogens with two attached hydrogens (primary N) is 1. The Hall–Kier alpha value is -1.27. The summed E-state index contributed by atoms with van der Waals surface area (Å²) in [7, 11) is -2.00. The molecule has 0 aliphatic carbocycles. The van der Waals surface area contributed by atoms with Gasteiger partial charge in [-0.15, -0.1) is 0 Å². The van der Waals surface area contributed by atoms with Crippen molar-refractivity contribution in [2.75, 3.05) is 25.9 Å². The monoisotopic (exact) mass is 300 g/mol. The molecule has 0 spiro atoms. The third kappa shape index (κ3) is 4.11. The van der Waals surface area contributed by atoms with E-state index < -0.39 is 10.0 Å². The molecule has 0 radical (unpaired) electrons. The quantitative estimate of drug-likeness (QED) is 0.784. The maximum Gasteiger partial charge on any atom is 0.246 e. The van der Waals surface area contributed by atoms with E-state index in [9.17, 15) is 8.42 Å². The lowest BCUT2D eigenvalue weighted by Gasteiger charge is -2.20. The van der Waals surface area contributed by atoms with Crippen LogP contribution in [0.25, 0.3) is 0 Å². The summed E-state index contributed by atoms with van der Waals surface area (Å²) >= 11 is 0. The molecule has 0 fully saturated rings. The highest BCUT2D eigenvalue weighted by atomic mass is 32.2. The van der Waals surface area contributed by atoms with Gasteiger partial charge in [-0.3, -0.25) is 0 Å². The van der Waals surface area contributed by atoms with Crippen LogP contribution in [0.5, 0.6) is 5.75 Å². The summed E-state index contributed by atoms with van der Waals surface area (Å²) in [4.78, 5) is 0.130. The molecule has 20 heavy (non-hydrogen) atoms. The van der Waals surface area contributed by atoms with E-state index in [1.54, 1.807) is 19.2 Å². The summed E-state index contributed by atoms with van der Waals surface area (Å²) in [5.74, 6) is 0.790. The van der Waals surface area contributed by atoms with Crippen LogP contribution in [0.1, 0.15) is 27.2 Å². The molecule has 0 bridgehead atoms. The van der Waals surface area contributed by atoms with Crippen molar-refractivity contribution < 1.29 is 13.2 Å². The van der Waals surface area contributed by atoms with Gasteiger partial charge in [0.25, 0.3) is 0 Å². The zero-order chi connectivity index (χ0) is 15.3. The minimum Gasteiger partial charge on any atom is -0.492 e. The van der Waals surface area contributed by atoms with Gasteiger partial charge in [-0.1, -0.05) is 13.8 Å². The first-order chi connectivity index (χ1) is 9.28. The number of anilines is 1. The van der Waals surface area contributed by atoms with Gasteiger partial charge in [-0.2, -0.15) is 0 Å². The van der Waals surface area contributed by atoms with Crippen LogP contribution in [-0.2, 0) is 10.0 Å². The Kier molecular flexibility index (Phi) is 5.83. The Morgan fingerprint density at radius 3 is 2.55 bits per heavy atom. The lowest BCUT2D eigenvalue weighted by Crippen LogP contribution is -2.29. The van der Waals surface area contributed by atoms with Crippen molar-refractivity contribution in [3.63, 3.8) is 0 Å². The van der Waals surface area contributed by atoms with E-state index in [4.69, 9.17) is 10.5 Å². The lowest BCUT2D eigenvalue weighted by atomic mass is 10.1. The van der Waals surface area contributed by atoms with Crippen molar-refractivity contribution in [3.8, 4) is 5.75 Å². The Balaban J connectivity index is 3.10. The fourth-order valence-corrected chi connectivity index (χ4v) is 3.08. The van der Waals surface area contributed by atoms with Gasteiger partial charge >= 0.3 is 0 Å². The third-order valence-corrected chi connectivity index (χ3v) is 4.86. The van der Waals surface area contributed by atoms with Gasteiger partial charge in [-0.25, -0.2) is 12.7 Å². The molecule has 0 heterocycles. The molecular weight excluding hydrogens is 276 g/mol. The van der Waals surface area contributed by atoms with Gasteiger partial charge in [-0.05, 0) is 37.5 Å². The van der Waals surface area contributed by atoms with E-state index in [2.05, 4.69) is 13.8 Å². The van der Waals surface area contributed by atoms with Gasteiger partial charge in [0.05, 0.1) is 6.61 Å². The Morgan fingerprint density at radius 1 is 1.35 bits per heavy atom. The minimum atomic E-state index is -3.58. The summed E-state index contributed by atoms with van der Waals surface area (Å²) in [6.45, 7) is 6.82. The Bertz CT molecular complexity index is 541. The van der Waals surface area contributed by atoms with Crippen LogP contribution >= 0.6 is 0 Å². The smallest absolute Gasteiger partial charge is 0.246 e. The predicted octanol–water partition coefficient (Wildman–Crippen LogP) is 2.33. The maximum atomic E-state index is 12.6. The topological polar surface area (TPSA) is 72.6 Å². The highest BCUT2D eigenvalue weighted by Crippen LogP contribution is 2.28. The van der Waals surface area contributed by atoms with Crippen LogP contribution in [0.15, 0.2) is 23.1 Å². The molecule has 1 aromatic carbocycles. The van der Waals surface area contributed by atoms with E-state index in [-0.39, 0.29) is 4.90 Å². The first kappa shape index (κ1) is 16.8. The zero-order valence-corrected chi connectivity index (χ0v) is 13.4. The molecule has 0 aromatic heterocycles. The largest absolute Gasteiger partial charge is 0.492 e. The second-order valence-corrected chi connectivity index (χ2v) is 7.16. The molecule has 114 valence electrons. The van der Waals surface area contributed by atoms with Crippen molar-refractivity contribution in [2.45, 2.75) is 32.1 Å². The molecule has 1 aromatic rings. The fraction of sp³-hybridized carbons (Fsp3) is 0.571.